The number of methoxy groups -OCH3 is 1. The number of nitrogens with one attached hydrogen (secondary N) is 1. The van der Waals surface area contributed by atoms with E-state index in [0.717, 1.165) is 34.5 Å². The molecule has 0 aliphatic heterocycles. The minimum atomic E-state index is 0.708. The molecule has 4 nitrogen and oxygen atoms in total. The van der Waals surface area contributed by atoms with E-state index in [1.165, 1.54) is 0 Å². The van der Waals surface area contributed by atoms with Gasteiger partial charge in [-0.15, -0.1) is 0 Å². The number of pyridine rings is 1. The third-order valence-corrected chi connectivity index (χ3v) is 3.18. The number of ether oxygens (including phenoxy) is 1. The van der Waals surface area contributed by atoms with Gasteiger partial charge in [-0.25, -0.2) is 4.98 Å². The van der Waals surface area contributed by atoms with Crippen molar-refractivity contribution >= 4 is 10.9 Å². The molecule has 0 saturated carbocycles. The van der Waals surface area contributed by atoms with Crippen molar-refractivity contribution in [2.75, 3.05) is 7.11 Å². The molecule has 0 atom stereocenters. The van der Waals surface area contributed by atoms with Gasteiger partial charge in [-0.05, 0) is 18.2 Å². The molecule has 3 aromatic rings. The predicted molar refractivity (Wildman–Crippen MR) is 77.5 cm³/mol. The molecule has 1 aromatic carbocycles. The average molecular weight is 268 g/mol. The van der Waals surface area contributed by atoms with Gasteiger partial charge in [0.2, 0.25) is 0 Å². The summed E-state index contributed by atoms with van der Waals surface area (Å²) in [5.74, 6) is 0.805. The molecule has 0 amide bonds. The smallest absolute Gasteiger partial charge is 0.145 e. The SMILES string of the molecule is COc1cccc2ccc(CNCc3ccoc3)nc12. The fourth-order valence-corrected chi connectivity index (χ4v) is 2.15. The Balaban J connectivity index is 1.75. The van der Waals surface area contributed by atoms with Gasteiger partial charge in [0, 0.05) is 24.0 Å². The maximum atomic E-state index is 5.35. The number of nitrogens with zero attached hydrogens (tertiary/aromatic N) is 1. The number of benzene rings is 1. The molecule has 0 fully saturated rings. The highest BCUT2D eigenvalue weighted by Gasteiger charge is 2.04. The number of aromatic nitrogens is 1. The maximum Gasteiger partial charge on any atom is 0.145 e. The number of para-hydroxylation sites is 1. The van der Waals surface area contributed by atoms with Crippen molar-refractivity contribution in [2.45, 2.75) is 13.1 Å². The summed E-state index contributed by atoms with van der Waals surface area (Å²) < 4.78 is 10.4. The van der Waals surface area contributed by atoms with E-state index in [1.807, 2.05) is 30.3 Å². The van der Waals surface area contributed by atoms with Crippen LogP contribution >= 0.6 is 0 Å². The zero-order valence-electron chi connectivity index (χ0n) is 11.3. The third kappa shape index (κ3) is 2.65. The van der Waals surface area contributed by atoms with Crippen molar-refractivity contribution in [1.29, 1.82) is 0 Å². The van der Waals surface area contributed by atoms with E-state index in [-0.39, 0.29) is 0 Å². The summed E-state index contributed by atoms with van der Waals surface area (Å²) in [7, 11) is 1.67. The molecule has 1 N–H and O–H groups in total. The first kappa shape index (κ1) is 12.7. The normalized spacial score (nSPS) is 10.8. The molecule has 0 aliphatic carbocycles. The summed E-state index contributed by atoms with van der Waals surface area (Å²) >= 11 is 0. The Bertz CT molecular complexity index is 693. The van der Waals surface area contributed by atoms with Crippen LogP contribution < -0.4 is 10.1 Å². The summed E-state index contributed by atoms with van der Waals surface area (Å²) in [6.45, 7) is 1.47. The Kier molecular flexibility index (Phi) is 3.65. The second-order valence-corrected chi connectivity index (χ2v) is 4.57. The molecule has 0 saturated heterocycles. The molecule has 20 heavy (non-hydrogen) atoms. The van der Waals surface area contributed by atoms with Crippen LogP contribution in [0, 0.1) is 0 Å². The lowest BCUT2D eigenvalue weighted by Crippen LogP contribution is -2.13. The van der Waals surface area contributed by atoms with Gasteiger partial charge in [0.25, 0.3) is 0 Å². The van der Waals surface area contributed by atoms with Gasteiger partial charge in [0.1, 0.15) is 11.3 Å². The topological polar surface area (TPSA) is 47.3 Å². The molecule has 4 heteroatoms. The Morgan fingerprint density at radius 3 is 2.90 bits per heavy atom. The first-order chi connectivity index (χ1) is 9.86. The number of fused-ring (bicyclic) bond motifs is 1. The van der Waals surface area contributed by atoms with Crippen LogP contribution in [0.25, 0.3) is 10.9 Å². The lowest BCUT2D eigenvalue weighted by molar-refractivity contribution is 0.418. The van der Waals surface area contributed by atoms with E-state index < -0.39 is 0 Å². The first-order valence-electron chi connectivity index (χ1n) is 6.51. The minimum absolute atomic E-state index is 0.708. The Morgan fingerprint density at radius 2 is 2.10 bits per heavy atom. The average Bonchev–Trinajstić information content (AvgIpc) is 3.00. The fourth-order valence-electron chi connectivity index (χ4n) is 2.15. The zero-order chi connectivity index (χ0) is 13.8. The van der Waals surface area contributed by atoms with E-state index in [4.69, 9.17) is 9.15 Å². The van der Waals surface area contributed by atoms with Gasteiger partial charge in [-0.3, -0.25) is 0 Å². The van der Waals surface area contributed by atoms with Gasteiger partial charge in [0.15, 0.2) is 0 Å². The predicted octanol–water partition coefficient (Wildman–Crippen LogP) is 3.13. The van der Waals surface area contributed by atoms with Crippen LogP contribution in [0.1, 0.15) is 11.3 Å². The molecule has 0 bridgehead atoms. The van der Waals surface area contributed by atoms with Crippen molar-refractivity contribution in [1.82, 2.24) is 10.3 Å². The summed E-state index contributed by atoms with van der Waals surface area (Å²) in [5, 5.41) is 4.43. The molecule has 0 aliphatic rings. The van der Waals surface area contributed by atoms with Crippen molar-refractivity contribution in [3.8, 4) is 5.75 Å². The van der Waals surface area contributed by atoms with Crippen LogP contribution in [-0.2, 0) is 13.1 Å². The standard InChI is InChI=1S/C16H16N2O2/c1-19-15-4-2-3-13-5-6-14(18-16(13)15)10-17-9-12-7-8-20-11-12/h2-8,11,17H,9-10H2,1H3. The molecule has 2 heterocycles. The van der Waals surface area contributed by atoms with Crippen LogP contribution in [0.15, 0.2) is 53.3 Å². The van der Waals surface area contributed by atoms with Gasteiger partial charge >= 0.3 is 0 Å². The highest BCUT2D eigenvalue weighted by atomic mass is 16.5. The Labute approximate surface area is 117 Å². The Morgan fingerprint density at radius 1 is 1.15 bits per heavy atom. The lowest BCUT2D eigenvalue weighted by Gasteiger charge is -2.07. The summed E-state index contributed by atoms with van der Waals surface area (Å²) in [5.41, 5.74) is 3.02. The summed E-state index contributed by atoms with van der Waals surface area (Å²) in [4.78, 5) is 4.65. The highest BCUT2D eigenvalue weighted by Crippen LogP contribution is 2.23. The van der Waals surface area contributed by atoms with E-state index in [0.29, 0.717) is 6.54 Å². The lowest BCUT2D eigenvalue weighted by atomic mass is 10.2. The second-order valence-electron chi connectivity index (χ2n) is 4.57. The van der Waals surface area contributed by atoms with Crippen molar-refractivity contribution < 1.29 is 9.15 Å². The van der Waals surface area contributed by atoms with Crippen LogP contribution in [0.3, 0.4) is 0 Å². The van der Waals surface area contributed by atoms with Crippen LogP contribution in [0.4, 0.5) is 0 Å². The van der Waals surface area contributed by atoms with Crippen LogP contribution in [0.2, 0.25) is 0 Å². The minimum Gasteiger partial charge on any atom is -0.494 e. The summed E-state index contributed by atoms with van der Waals surface area (Å²) in [6.07, 6.45) is 3.42. The van der Waals surface area contributed by atoms with Crippen molar-refractivity contribution in [3.05, 3.63) is 60.2 Å². The first-order valence-corrected chi connectivity index (χ1v) is 6.51. The van der Waals surface area contributed by atoms with E-state index >= 15 is 0 Å². The van der Waals surface area contributed by atoms with Crippen molar-refractivity contribution in [2.24, 2.45) is 0 Å². The molecule has 3 rings (SSSR count). The number of hydrogen-bond donors (Lipinski definition) is 1. The van der Waals surface area contributed by atoms with Gasteiger partial charge in [-0.1, -0.05) is 18.2 Å². The Hall–Kier alpha value is -2.33. The quantitative estimate of drug-likeness (QED) is 0.772. The number of furan rings is 1. The van der Waals surface area contributed by atoms with E-state index in [1.54, 1.807) is 19.6 Å². The van der Waals surface area contributed by atoms with Gasteiger partial charge < -0.3 is 14.5 Å². The molecule has 2 aromatic heterocycles. The molecule has 0 radical (unpaired) electrons. The highest BCUT2D eigenvalue weighted by molar-refractivity contribution is 5.84. The molecule has 0 unspecified atom stereocenters. The molecule has 0 spiro atoms. The summed E-state index contributed by atoms with van der Waals surface area (Å²) in [6, 6.07) is 12.0. The zero-order valence-corrected chi connectivity index (χ0v) is 11.3. The fraction of sp³-hybridized carbons (Fsp3) is 0.188. The molecule has 102 valence electrons. The number of hydrogen-bond acceptors (Lipinski definition) is 4. The molecular formula is C16H16N2O2. The maximum absolute atomic E-state index is 5.35. The molecular weight excluding hydrogens is 252 g/mol. The van der Waals surface area contributed by atoms with E-state index in [2.05, 4.69) is 16.4 Å². The second kappa shape index (κ2) is 5.75. The monoisotopic (exact) mass is 268 g/mol. The van der Waals surface area contributed by atoms with Gasteiger partial charge in [-0.2, -0.15) is 0 Å². The van der Waals surface area contributed by atoms with Gasteiger partial charge in [0.05, 0.1) is 25.3 Å². The van der Waals surface area contributed by atoms with E-state index in [9.17, 15) is 0 Å². The number of rotatable bonds is 5. The van der Waals surface area contributed by atoms with Crippen LogP contribution in [0.5, 0.6) is 5.75 Å². The largest absolute Gasteiger partial charge is 0.494 e. The van der Waals surface area contributed by atoms with Crippen molar-refractivity contribution in [3.63, 3.8) is 0 Å². The van der Waals surface area contributed by atoms with Crippen LogP contribution in [-0.4, -0.2) is 12.1 Å². The third-order valence-electron chi connectivity index (χ3n) is 3.18.